The second-order valence-corrected chi connectivity index (χ2v) is 29.4. The van der Waals surface area contributed by atoms with Gasteiger partial charge in [0.25, 0.3) is 23.6 Å². The van der Waals surface area contributed by atoms with Gasteiger partial charge in [0.05, 0.1) is 38.5 Å². The van der Waals surface area contributed by atoms with Gasteiger partial charge < -0.3 is 91.5 Å². The van der Waals surface area contributed by atoms with E-state index in [0.29, 0.717) is 12.0 Å². The fourth-order valence-corrected chi connectivity index (χ4v) is 12.5. The molecule has 11 N–H and O–H groups in total. The summed E-state index contributed by atoms with van der Waals surface area (Å²) in [5.74, 6) is -14.7. The smallest absolute Gasteiger partial charge is 0.458 e. The molecule has 2 aromatic rings. The average molecular weight is 1600 g/mol. The molecule has 1 unspecified atom stereocenters. The van der Waals surface area contributed by atoms with E-state index >= 15 is 9.59 Å². The van der Waals surface area contributed by atoms with Gasteiger partial charge in [0, 0.05) is 91.4 Å². The molecule has 2 heterocycles. The lowest BCUT2D eigenvalue weighted by Gasteiger charge is -2.38. The molecule has 0 spiro atoms. The lowest BCUT2D eigenvalue weighted by atomic mass is 9.95. The van der Waals surface area contributed by atoms with Gasteiger partial charge in [-0.15, -0.1) is 0 Å². The fourth-order valence-electron chi connectivity index (χ4n) is 11.4. The van der Waals surface area contributed by atoms with E-state index in [1.165, 1.54) is 101 Å². The van der Waals surface area contributed by atoms with E-state index in [-0.39, 0.29) is 81.6 Å². The van der Waals surface area contributed by atoms with Gasteiger partial charge in [-0.1, -0.05) is 97.5 Å². The molecule has 0 aliphatic carbocycles. The van der Waals surface area contributed by atoms with Crippen molar-refractivity contribution in [1.29, 1.82) is 0 Å². The number of hydrogen-bond donors (Lipinski definition) is 10. The first-order valence-electron chi connectivity index (χ1n) is 36.6. The molecular weight excluding hydrogens is 1490 g/mol. The number of anilines is 1. The summed E-state index contributed by atoms with van der Waals surface area (Å²) in [6.45, 7) is 20.6. The van der Waals surface area contributed by atoms with Crippen molar-refractivity contribution in [1.82, 2.24) is 56.8 Å². The second-order valence-electron chi connectivity index (χ2n) is 28.0. The maximum absolute atomic E-state index is 15.5. The highest BCUT2D eigenvalue weighted by Gasteiger charge is 2.48. The van der Waals surface area contributed by atoms with E-state index in [1.54, 1.807) is 30.3 Å². The molecular formula is C74H110N13O24P. The number of primary amides is 1. The molecule has 0 bridgehead atoms. The molecule has 37 nitrogen and oxygen atoms in total. The van der Waals surface area contributed by atoms with Crippen molar-refractivity contribution >= 4 is 102 Å². The molecule has 2 aliphatic rings. The van der Waals surface area contributed by atoms with Crippen LogP contribution in [0, 0.1) is 17.8 Å². The first kappa shape index (κ1) is 94.3. The van der Waals surface area contributed by atoms with Crippen molar-refractivity contribution in [3.05, 3.63) is 90.2 Å². The lowest BCUT2D eigenvalue weighted by Crippen LogP contribution is -2.64. The molecule has 620 valence electrons. The molecule has 0 radical (unpaired) electrons. The predicted molar refractivity (Wildman–Crippen MR) is 403 cm³/mol. The summed E-state index contributed by atoms with van der Waals surface area (Å²) in [5, 5.41) is 21.3. The number of imide groups is 1. The molecule has 112 heavy (non-hydrogen) atoms. The van der Waals surface area contributed by atoms with Gasteiger partial charge in [-0.25, -0.2) is 23.7 Å². The van der Waals surface area contributed by atoms with Gasteiger partial charge in [-0.2, -0.15) is 0 Å². The third kappa shape index (κ3) is 28.9. The Kier molecular flexibility index (Phi) is 37.8. The Morgan fingerprint density at radius 1 is 0.759 bits per heavy atom. The number of rotatable bonds is 35. The Labute approximate surface area is 651 Å². The summed E-state index contributed by atoms with van der Waals surface area (Å²) in [4.78, 5) is 220. The Hall–Kier alpha value is -10.0. The first-order valence-corrected chi connectivity index (χ1v) is 38.1. The highest BCUT2D eigenvalue weighted by Crippen LogP contribution is 2.47. The number of hydrogen-bond acceptors (Lipinski definition) is 24. The van der Waals surface area contributed by atoms with Crippen LogP contribution in [0.4, 0.5) is 10.5 Å². The van der Waals surface area contributed by atoms with Gasteiger partial charge in [-0.05, 0) is 81.5 Å². The molecule has 1 saturated heterocycles. The van der Waals surface area contributed by atoms with Crippen LogP contribution in [0.3, 0.4) is 0 Å². The number of nitrogens with one attached hydrogen (secondary N) is 8. The maximum Gasteiger partial charge on any atom is 0.472 e. The number of nitrogens with two attached hydrogens (primary N) is 1. The highest BCUT2D eigenvalue weighted by molar-refractivity contribution is 7.47. The number of phosphoric ester groups is 1. The van der Waals surface area contributed by atoms with Gasteiger partial charge in [0.1, 0.15) is 42.1 Å². The SMILES string of the molecule is C=C1C(=O)N[C@@H](C)C(=O)N(C)[C@@H](C)C(=O)N[C@@H]([C@H](OC(=O)[C@@H](NC(=O)CC)[C@H](OP(=O)(O)OCc2ccc(NC(=O)[C@H](CCCNC(N)=O)NC[C@@H](NC(=O)CCOCCN3C(=O)C=CC3=O)C(C)C)cc2)C(C)C)C(C)C)C(=O)N(C)[C@@H]([C@@H](C)OC)C(=O)O[C@H](C)[C@H](NC(C)=O)C(=O)O[C@H](Cc2ccccc2)C(=O)N1C. The van der Waals surface area contributed by atoms with Crippen LogP contribution in [0.15, 0.2) is 79.0 Å². The number of ether oxygens (including phenoxy) is 5. The van der Waals surface area contributed by atoms with Crippen LogP contribution < -0.4 is 48.3 Å². The summed E-state index contributed by atoms with van der Waals surface area (Å²) in [7, 11) is -0.658. The summed E-state index contributed by atoms with van der Waals surface area (Å²) in [6.07, 6.45) is -6.10. The van der Waals surface area contributed by atoms with Crippen LogP contribution in [0.2, 0.25) is 0 Å². The third-order valence-corrected chi connectivity index (χ3v) is 19.4. The van der Waals surface area contributed by atoms with Crippen molar-refractivity contribution in [3.63, 3.8) is 0 Å². The van der Waals surface area contributed by atoms with Crippen molar-refractivity contribution in [2.45, 2.75) is 201 Å². The van der Waals surface area contributed by atoms with Crippen LogP contribution in [-0.4, -0.2) is 253 Å². The van der Waals surface area contributed by atoms with Crippen LogP contribution in [0.5, 0.6) is 0 Å². The number of amides is 13. The number of urea groups is 1. The normalized spacial score (nSPS) is 21.6. The first-order chi connectivity index (χ1) is 52.5. The number of likely N-dealkylation sites (N-methyl/N-ethyl adjacent to an activating group) is 3. The predicted octanol–water partition coefficient (Wildman–Crippen LogP) is 0.900. The minimum Gasteiger partial charge on any atom is -0.458 e. The van der Waals surface area contributed by atoms with E-state index < -0.39 is 194 Å². The molecule has 2 aliphatic heterocycles. The summed E-state index contributed by atoms with van der Waals surface area (Å²) in [5.41, 5.74) is 5.75. The van der Waals surface area contributed by atoms with E-state index in [4.69, 9.17) is 38.5 Å². The number of phosphoric acid groups is 1. The molecule has 38 heteroatoms. The number of nitrogens with zero attached hydrogens (tertiary/aromatic N) is 4. The fraction of sp³-hybridized carbons (Fsp3) is 0.581. The highest BCUT2D eigenvalue weighted by atomic mass is 31.2. The topological polar surface area (TPSA) is 493 Å². The number of benzene rings is 2. The Morgan fingerprint density at radius 2 is 1.39 bits per heavy atom. The van der Waals surface area contributed by atoms with Crippen molar-refractivity contribution < 1.29 is 114 Å². The monoisotopic (exact) mass is 1600 g/mol. The zero-order chi connectivity index (χ0) is 84.2. The molecule has 0 saturated carbocycles. The molecule has 2 aromatic carbocycles. The van der Waals surface area contributed by atoms with Crippen LogP contribution in [0.1, 0.15) is 120 Å². The summed E-state index contributed by atoms with van der Waals surface area (Å²) < 4.78 is 54.2. The van der Waals surface area contributed by atoms with Crippen molar-refractivity contribution in [2.24, 2.45) is 23.5 Å². The molecule has 14 atom stereocenters. The van der Waals surface area contributed by atoms with Gasteiger partial charge in [-0.3, -0.25) is 66.7 Å². The minimum absolute atomic E-state index is 0.00147. The lowest BCUT2D eigenvalue weighted by molar-refractivity contribution is -0.174. The van der Waals surface area contributed by atoms with Gasteiger partial charge >= 0.3 is 31.8 Å². The van der Waals surface area contributed by atoms with E-state index in [2.05, 4.69) is 49.1 Å². The zero-order valence-electron chi connectivity index (χ0n) is 66.2. The van der Waals surface area contributed by atoms with Crippen molar-refractivity contribution in [3.8, 4) is 0 Å². The maximum atomic E-state index is 15.5. The molecule has 1 fully saturated rings. The van der Waals surface area contributed by atoms with Crippen LogP contribution in [0.25, 0.3) is 0 Å². The molecule has 0 aromatic heterocycles. The second kappa shape index (κ2) is 44.9. The summed E-state index contributed by atoms with van der Waals surface area (Å²) >= 11 is 0. The van der Waals surface area contributed by atoms with Gasteiger partial charge in [0.2, 0.25) is 41.4 Å². The average Bonchev–Trinajstić information content (AvgIpc) is 1.17. The molecule has 13 amide bonds. The number of carbonyl (C=O) groups is 15. The van der Waals surface area contributed by atoms with Crippen LogP contribution in [-0.2, 0) is 117 Å². The van der Waals surface area contributed by atoms with Crippen molar-refractivity contribution in [2.75, 3.05) is 66.4 Å². The number of esters is 3. The quantitative estimate of drug-likeness (QED) is 0.0114. The minimum atomic E-state index is -5.31. The Balaban J connectivity index is 1.65. The van der Waals surface area contributed by atoms with E-state index in [0.717, 1.165) is 52.8 Å². The number of cyclic esters (lactones) is 2. The largest absolute Gasteiger partial charge is 0.472 e. The Bertz CT molecular complexity index is 3730. The van der Waals surface area contributed by atoms with E-state index in [1.807, 2.05) is 13.8 Å². The van der Waals surface area contributed by atoms with E-state index in [9.17, 15) is 71.8 Å². The van der Waals surface area contributed by atoms with Crippen LogP contribution >= 0.6 is 7.82 Å². The number of methoxy groups -OCH3 is 1. The van der Waals surface area contributed by atoms with Gasteiger partial charge in [0.15, 0.2) is 24.2 Å². The zero-order valence-corrected chi connectivity index (χ0v) is 67.1. The Morgan fingerprint density at radius 3 is 1.96 bits per heavy atom. The summed E-state index contributed by atoms with van der Waals surface area (Å²) in [6, 6.07) is 1.23. The standard InChI is InChI=1S/C74H110N13O24P/c1-18-55(89)82-61(64(42(6)7)111-112(103,104)107-39-50-26-28-51(29-27-50)80-67(95)52(25-22-33-76-74(75)102)77-38-53(40(2)3)81-56(90)32-35-106-36-34-87-57(91)30-31-58(87)92)72(100)110-63(41(4)5)60-70(98)86(16)62(47(12)105-17)73(101)108-46(11)59(79-48(13)88)71(99)109-54(37-49-23-20-19-21-24-49)69(97)85(15)44(9)65(93)78-43(8)68(96)84(14)45(10)66(94)83-60/h19-21,23-24,26-31,40-43,45-47,52-54,59-64,77H,9,18,22,25,32-39H2,1-8,10-17H3,(H,78,93)(H,79,88)(H,80,95)(H,81,90)(H,82,89)(H,83,94)(H,103,104)(H3,75,76,102)/t43-,45-,46+,47+,52-,53+,54+,59-,60-,61-,62-,63+,64+/m0/s1. The third-order valence-electron chi connectivity index (χ3n) is 18.4. The number of carbonyl (C=O) groups excluding carboxylic acids is 15. The molecule has 4 rings (SSSR count).